The largest absolute Gasteiger partial charge is 0.374 e. The second-order valence-electron chi connectivity index (χ2n) is 7.15. The molecular formula is C19H26N4O3. The molecule has 0 spiro atoms. The van der Waals surface area contributed by atoms with E-state index >= 15 is 0 Å². The lowest BCUT2D eigenvalue weighted by molar-refractivity contribution is -0.123. The van der Waals surface area contributed by atoms with Gasteiger partial charge in [0.25, 0.3) is 5.56 Å². The number of fused-ring (bicyclic) bond motifs is 1. The predicted molar refractivity (Wildman–Crippen MR) is 100 cm³/mol. The molecule has 3 rings (SSSR count). The number of aromatic nitrogens is 2. The number of para-hydroxylation sites is 1. The summed E-state index contributed by atoms with van der Waals surface area (Å²) in [5.74, 6) is 0.393. The van der Waals surface area contributed by atoms with Crippen LogP contribution in [-0.4, -0.2) is 59.2 Å². The van der Waals surface area contributed by atoms with Crippen LogP contribution < -0.4 is 10.9 Å². The van der Waals surface area contributed by atoms with Gasteiger partial charge in [-0.05, 0) is 18.1 Å². The molecular weight excluding hydrogens is 332 g/mol. The van der Waals surface area contributed by atoms with Crippen molar-refractivity contribution in [2.75, 3.05) is 32.8 Å². The number of nitrogens with zero attached hydrogens (tertiary/aromatic N) is 3. The van der Waals surface area contributed by atoms with Crippen molar-refractivity contribution < 1.29 is 9.53 Å². The van der Waals surface area contributed by atoms with Crippen molar-refractivity contribution >= 4 is 16.8 Å². The number of hydrogen-bond acceptors (Lipinski definition) is 5. The minimum absolute atomic E-state index is 0.0158. The SMILES string of the molecule is CC(C)CN1CCOC(CNC(=O)Cn2cnc3ccccc3c2=O)C1. The van der Waals surface area contributed by atoms with Crippen LogP contribution in [0.3, 0.4) is 0 Å². The summed E-state index contributed by atoms with van der Waals surface area (Å²) in [5, 5.41) is 3.39. The lowest BCUT2D eigenvalue weighted by Crippen LogP contribution is -2.48. The molecule has 1 aliphatic rings. The van der Waals surface area contributed by atoms with E-state index in [2.05, 4.69) is 29.0 Å². The molecule has 140 valence electrons. The second kappa shape index (κ2) is 8.42. The van der Waals surface area contributed by atoms with Crippen LogP contribution in [0.5, 0.6) is 0 Å². The van der Waals surface area contributed by atoms with Gasteiger partial charge in [-0.2, -0.15) is 0 Å². The Morgan fingerprint density at radius 2 is 2.19 bits per heavy atom. The predicted octanol–water partition coefficient (Wildman–Crippen LogP) is 0.869. The number of nitrogens with one attached hydrogen (secondary N) is 1. The zero-order valence-electron chi connectivity index (χ0n) is 15.4. The van der Waals surface area contributed by atoms with Crippen LogP contribution in [0.4, 0.5) is 0 Å². The minimum atomic E-state index is -0.214. The maximum Gasteiger partial charge on any atom is 0.261 e. The fourth-order valence-corrected chi connectivity index (χ4v) is 3.24. The summed E-state index contributed by atoms with van der Waals surface area (Å²) < 4.78 is 7.07. The van der Waals surface area contributed by atoms with E-state index in [0.29, 0.717) is 30.0 Å². The van der Waals surface area contributed by atoms with Crippen molar-refractivity contribution in [3.05, 3.63) is 40.9 Å². The first-order chi connectivity index (χ1) is 12.5. The molecule has 2 aromatic rings. The number of rotatable bonds is 6. The third kappa shape index (κ3) is 4.68. The second-order valence-corrected chi connectivity index (χ2v) is 7.15. The van der Waals surface area contributed by atoms with E-state index in [1.807, 2.05) is 6.07 Å². The van der Waals surface area contributed by atoms with Gasteiger partial charge >= 0.3 is 0 Å². The summed E-state index contributed by atoms with van der Waals surface area (Å²) in [6.07, 6.45) is 1.41. The first kappa shape index (κ1) is 18.5. The summed E-state index contributed by atoms with van der Waals surface area (Å²) in [6, 6.07) is 7.13. The average Bonchev–Trinajstić information content (AvgIpc) is 2.62. The molecule has 0 radical (unpaired) electrons. The summed E-state index contributed by atoms with van der Waals surface area (Å²) in [7, 11) is 0. The molecule has 1 aliphatic heterocycles. The highest BCUT2D eigenvalue weighted by Crippen LogP contribution is 2.07. The molecule has 1 fully saturated rings. The first-order valence-corrected chi connectivity index (χ1v) is 9.08. The zero-order valence-corrected chi connectivity index (χ0v) is 15.4. The molecule has 1 atom stereocenters. The molecule has 0 bridgehead atoms. The number of hydrogen-bond donors (Lipinski definition) is 1. The highest BCUT2D eigenvalue weighted by molar-refractivity contribution is 5.78. The maximum atomic E-state index is 12.4. The van der Waals surface area contributed by atoms with E-state index in [1.54, 1.807) is 18.2 Å². The van der Waals surface area contributed by atoms with Crippen molar-refractivity contribution in [3.8, 4) is 0 Å². The highest BCUT2D eigenvalue weighted by Gasteiger charge is 2.21. The highest BCUT2D eigenvalue weighted by atomic mass is 16.5. The number of carbonyl (C=O) groups excluding carboxylic acids is 1. The smallest absolute Gasteiger partial charge is 0.261 e. The lowest BCUT2D eigenvalue weighted by atomic mass is 10.2. The fourth-order valence-electron chi connectivity index (χ4n) is 3.24. The Kier molecular flexibility index (Phi) is 6.00. The van der Waals surface area contributed by atoms with Crippen LogP contribution in [0.1, 0.15) is 13.8 Å². The van der Waals surface area contributed by atoms with Gasteiger partial charge in [-0.25, -0.2) is 4.98 Å². The van der Waals surface area contributed by atoms with Crippen LogP contribution in [0.25, 0.3) is 10.9 Å². The van der Waals surface area contributed by atoms with Crippen LogP contribution in [0, 0.1) is 5.92 Å². The monoisotopic (exact) mass is 358 g/mol. The number of amides is 1. The Labute approximate surface area is 153 Å². The molecule has 1 aromatic heterocycles. The Morgan fingerprint density at radius 3 is 3.00 bits per heavy atom. The van der Waals surface area contributed by atoms with Gasteiger partial charge in [0.05, 0.1) is 29.9 Å². The van der Waals surface area contributed by atoms with E-state index in [4.69, 9.17) is 4.74 Å². The van der Waals surface area contributed by atoms with E-state index in [9.17, 15) is 9.59 Å². The van der Waals surface area contributed by atoms with Crippen LogP contribution in [-0.2, 0) is 16.1 Å². The Morgan fingerprint density at radius 1 is 1.38 bits per heavy atom. The molecule has 26 heavy (non-hydrogen) atoms. The van der Waals surface area contributed by atoms with Crippen molar-refractivity contribution in [2.45, 2.75) is 26.5 Å². The fraction of sp³-hybridized carbons (Fsp3) is 0.526. The molecule has 1 aromatic carbocycles. The van der Waals surface area contributed by atoms with Gasteiger partial charge in [0.15, 0.2) is 0 Å². The molecule has 1 N–H and O–H groups in total. The van der Waals surface area contributed by atoms with Crippen molar-refractivity contribution in [3.63, 3.8) is 0 Å². The number of ether oxygens (including phenoxy) is 1. The summed E-state index contributed by atoms with van der Waals surface area (Å²) >= 11 is 0. The number of benzene rings is 1. The summed E-state index contributed by atoms with van der Waals surface area (Å²) in [4.78, 5) is 31.3. The standard InChI is InChI=1S/C19H26N4O3/c1-14(2)10-22-7-8-26-15(11-22)9-20-18(24)12-23-13-21-17-6-4-3-5-16(17)19(23)25/h3-6,13-15H,7-12H2,1-2H3,(H,20,24). The molecule has 7 heteroatoms. The molecule has 0 saturated carbocycles. The van der Waals surface area contributed by atoms with E-state index in [-0.39, 0.29) is 24.1 Å². The van der Waals surface area contributed by atoms with Crippen LogP contribution >= 0.6 is 0 Å². The van der Waals surface area contributed by atoms with Crippen LogP contribution in [0.2, 0.25) is 0 Å². The molecule has 1 saturated heterocycles. The molecule has 2 heterocycles. The molecule has 0 aliphatic carbocycles. The quantitative estimate of drug-likeness (QED) is 0.829. The van der Waals surface area contributed by atoms with Crippen molar-refractivity contribution in [2.24, 2.45) is 5.92 Å². The van der Waals surface area contributed by atoms with E-state index < -0.39 is 0 Å². The number of carbonyl (C=O) groups is 1. The maximum absolute atomic E-state index is 12.4. The topological polar surface area (TPSA) is 76.5 Å². The van der Waals surface area contributed by atoms with Crippen molar-refractivity contribution in [1.82, 2.24) is 19.8 Å². The van der Waals surface area contributed by atoms with Crippen LogP contribution in [0.15, 0.2) is 35.4 Å². The van der Waals surface area contributed by atoms with Gasteiger partial charge in [0.1, 0.15) is 6.54 Å². The van der Waals surface area contributed by atoms with Gasteiger partial charge in [0.2, 0.25) is 5.91 Å². The zero-order chi connectivity index (χ0) is 18.5. The average molecular weight is 358 g/mol. The molecule has 1 unspecified atom stereocenters. The van der Waals surface area contributed by atoms with Gasteiger partial charge in [-0.3, -0.25) is 19.1 Å². The Hall–Kier alpha value is -2.25. The van der Waals surface area contributed by atoms with Gasteiger partial charge in [0, 0.05) is 26.2 Å². The number of morpholine rings is 1. The van der Waals surface area contributed by atoms with Gasteiger partial charge in [-0.1, -0.05) is 26.0 Å². The van der Waals surface area contributed by atoms with E-state index in [0.717, 1.165) is 19.6 Å². The third-order valence-corrected chi connectivity index (χ3v) is 4.42. The summed E-state index contributed by atoms with van der Waals surface area (Å²) in [6.45, 7) is 8.26. The van der Waals surface area contributed by atoms with Crippen molar-refractivity contribution in [1.29, 1.82) is 0 Å². The van der Waals surface area contributed by atoms with E-state index in [1.165, 1.54) is 10.9 Å². The Bertz CT molecular complexity index is 818. The van der Waals surface area contributed by atoms with Gasteiger partial charge in [-0.15, -0.1) is 0 Å². The normalized spacial score (nSPS) is 18.3. The van der Waals surface area contributed by atoms with Gasteiger partial charge < -0.3 is 10.1 Å². The third-order valence-electron chi connectivity index (χ3n) is 4.42. The Balaban J connectivity index is 1.54. The lowest BCUT2D eigenvalue weighted by Gasteiger charge is -2.33. The molecule has 7 nitrogen and oxygen atoms in total. The molecule has 1 amide bonds. The first-order valence-electron chi connectivity index (χ1n) is 9.08. The minimum Gasteiger partial charge on any atom is -0.374 e. The summed E-state index contributed by atoms with van der Waals surface area (Å²) in [5.41, 5.74) is 0.429.